The molecule has 96 valence electrons. The first-order chi connectivity index (χ1) is 8.52. The molecule has 0 aliphatic carbocycles. The molecule has 18 heavy (non-hydrogen) atoms. The van der Waals surface area contributed by atoms with Crippen LogP contribution in [0.25, 0.3) is 0 Å². The van der Waals surface area contributed by atoms with Gasteiger partial charge in [-0.3, -0.25) is 0 Å². The van der Waals surface area contributed by atoms with Gasteiger partial charge in [0.2, 0.25) is 6.08 Å². The SMILES string of the molecule is O=C(O)c1ccc(C(=O)O)cc1.O=C=NCCO. The monoisotopic (exact) mass is 253 g/mol. The highest BCUT2D eigenvalue weighted by molar-refractivity contribution is 5.91. The third kappa shape index (κ3) is 6.16. The van der Waals surface area contributed by atoms with Gasteiger partial charge in [0.25, 0.3) is 0 Å². The summed E-state index contributed by atoms with van der Waals surface area (Å²) >= 11 is 0. The molecule has 0 unspecified atom stereocenters. The zero-order chi connectivity index (χ0) is 14.0. The van der Waals surface area contributed by atoms with Gasteiger partial charge in [0, 0.05) is 0 Å². The number of hydrogen-bond donors (Lipinski definition) is 3. The number of carbonyl (C=O) groups is 2. The largest absolute Gasteiger partial charge is 0.478 e. The average Bonchev–Trinajstić information content (AvgIpc) is 2.37. The van der Waals surface area contributed by atoms with Crippen LogP contribution in [0.5, 0.6) is 0 Å². The Bertz CT molecular complexity index is 414. The molecule has 7 heteroatoms. The predicted molar refractivity (Wildman–Crippen MR) is 60.4 cm³/mol. The molecule has 1 aromatic carbocycles. The fourth-order valence-corrected chi connectivity index (χ4v) is 0.851. The molecular formula is C11H11NO6. The minimum absolute atomic E-state index is 0.0742. The van der Waals surface area contributed by atoms with Crippen molar-refractivity contribution in [3.05, 3.63) is 35.4 Å². The van der Waals surface area contributed by atoms with E-state index in [9.17, 15) is 9.59 Å². The Kier molecular flexibility index (Phi) is 7.43. The van der Waals surface area contributed by atoms with Crippen molar-refractivity contribution in [3.63, 3.8) is 0 Å². The quantitative estimate of drug-likeness (QED) is 0.527. The van der Waals surface area contributed by atoms with Crippen LogP contribution in [0.3, 0.4) is 0 Å². The highest BCUT2D eigenvalue weighted by atomic mass is 16.4. The number of aliphatic hydroxyl groups is 1. The predicted octanol–water partition coefficient (Wildman–Crippen LogP) is 0.398. The van der Waals surface area contributed by atoms with Crippen LogP contribution in [-0.2, 0) is 4.79 Å². The second-order valence-corrected chi connectivity index (χ2v) is 2.88. The van der Waals surface area contributed by atoms with Gasteiger partial charge in [-0.25, -0.2) is 19.4 Å². The summed E-state index contributed by atoms with van der Waals surface area (Å²) < 4.78 is 0. The average molecular weight is 253 g/mol. The van der Waals surface area contributed by atoms with Crippen molar-refractivity contribution in [2.45, 2.75) is 0 Å². The van der Waals surface area contributed by atoms with Crippen LogP contribution >= 0.6 is 0 Å². The molecule has 0 heterocycles. The number of rotatable bonds is 4. The van der Waals surface area contributed by atoms with E-state index in [-0.39, 0.29) is 24.3 Å². The van der Waals surface area contributed by atoms with E-state index in [1.54, 1.807) is 0 Å². The molecule has 0 saturated carbocycles. The molecule has 0 aliphatic heterocycles. The number of aliphatic imine (C=N–C) groups is 1. The smallest absolute Gasteiger partial charge is 0.335 e. The lowest BCUT2D eigenvalue weighted by Gasteiger charge is -1.94. The van der Waals surface area contributed by atoms with Crippen molar-refractivity contribution in [1.29, 1.82) is 0 Å². The van der Waals surface area contributed by atoms with Crippen LogP contribution in [0.15, 0.2) is 29.3 Å². The molecule has 0 spiro atoms. The number of aliphatic hydroxyl groups excluding tert-OH is 1. The summed E-state index contributed by atoms with van der Waals surface area (Å²) in [6.45, 7) is 0.0960. The second kappa shape index (κ2) is 8.63. The second-order valence-electron chi connectivity index (χ2n) is 2.88. The summed E-state index contributed by atoms with van der Waals surface area (Å²) in [6.07, 6.45) is 1.28. The van der Waals surface area contributed by atoms with Crippen LogP contribution in [0.1, 0.15) is 20.7 Å². The van der Waals surface area contributed by atoms with Crippen molar-refractivity contribution in [2.75, 3.05) is 13.2 Å². The lowest BCUT2D eigenvalue weighted by molar-refractivity contribution is 0.0681. The summed E-state index contributed by atoms with van der Waals surface area (Å²) in [5, 5.41) is 24.9. The molecule has 7 nitrogen and oxygen atoms in total. The Morgan fingerprint density at radius 1 is 1.06 bits per heavy atom. The summed E-state index contributed by atoms with van der Waals surface area (Å²) in [5.41, 5.74) is 0.167. The maximum atomic E-state index is 10.3. The summed E-state index contributed by atoms with van der Waals surface area (Å²) in [5.74, 6) is -2.13. The Morgan fingerprint density at radius 3 is 1.61 bits per heavy atom. The van der Waals surface area contributed by atoms with Crippen molar-refractivity contribution in [1.82, 2.24) is 0 Å². The number of isocyanates is 1. The number of hydrogen-bond acceptors (Lipinski definition) is 5. The van der Waals surface area contributed by atoms with Crippen molar-refractivity contribution in [2.24, 2.45) is 4.99 Å². The van der Waals surface area contributed by atoms with E-state index < -0.39 is 11.9 Å². The number of carboxylic acids is 2. The van der Waals surface area contributed by atoms with Gasteiger partial charge in [0.15, 0.2) is 0 Å². The van der Waals surface area contributed by atoms with Gasteiger partial charge in [0.1, 0.15) is 0 Å². The molecule has 0 saturated heterocycles. The van der Waals surface area contributed by atoms with Gasteiger partial charge in [-0.15, -0.1) is 0 Å². The molecule has 1 aromatic rings. The van der Waals surface area contributed by atoms with E-state index in [1.165, 1.54) is 30.3 Å². The fraction of sp³-hybridized carbons (Fsp3) is 0.182. The van der Waals surface area contributed by atoms with Crippen molar-refractivity contribution < 1.29 is 29.7 Å². The third-order valence-electron chi connectivity index (χ3n) is 1.66. The van der Waals surface area contributed by atoms with E-state index in [1.807, 2.05) is 0 Å². The third-order valence-corrected chi connectivity index (χ3v) is 1.66. The Balaban J connectivity index is 0.000000411. The minimum atomic E-state index is -1.06. The molecule has 1 rings (SSSR count). The summed E-state index contributed by atoms with van der Waals surface area (Å²) in [7, 11) is 0. The Morgan fingerprint density at radius 2 is 1.44 bits per heavy atom. The summed E-state index contributed by atoms with van der Waals surface area (Å²) in [4.78, 5) is 32.9. The lowest BCUT2D eigenvalue weighted by atomic mass is 10.1. The van der Waals surface area contributed by atoms with Gasteiger partial charge in [-0.05, 0) is 24.3 Å². The maximum Gasteiger partial charge on any atom is 0.335 e. The number of benzene rings is 1. The molecule has 0 radical (unpaired) electrons. The van der Waals surface area contributed by atoms with E-state index >= 15 is 0 Å². The van der Waals surface area contributed by atoms with E-state index in [0.29, 0.717) is 0 Å². The Labute approximate surface area is 102 Å². The molecular weight excluding hydrogens is 242 g/mol. The van der Waals surface area contributed by atoms with Crippen molar-refractivity contribution in [3.8, 4) is 0 Å². The van der Waals surface area contributed by atoms with Gasteiger partial charge in [0.05, 0.1) is 24.3 Å². The van der Waals surface area contributed by atoms with Crippen molar-refractivity contribution >= 4 is 18.0 Å². The standard InChI is InChI=1S/C8H6O4.C3H5NO2/c9-7(10)5-1-2-6(4-3-5)8(11)12;5-2-1-4-3-6/h1-4H,(H,9,10)(H,11,12);5H,1-2H2. The molecule has 0 aromatic heterocycles. The highest BCUT2D eigenvalue weighted by Gasteiger charge is 2.04. The normalized spacial score (nSPS) is 8.50. The number of aromatic carboxylic acids is 2. The molecule has 0 aliphatic rings. The number of nitrogens with zero attached hydrogens (tertiary/aromatic N) is 1. The van der Waals surface area contributed by atoms with Crippen LogP contribution in [0.4, 0.5) is 0 Å². The zero-order valence-corrected chi connectivity index (χ0v) is 9.24. The molecule has 0 bridgehead atoms. The number of carbonyl (C=O) groups excluding carboxylic acids is 1. The molecule has 3 N–H and O–H groups in total. The van der Waals surface area contributed by atoms with Crippen LogP contribution in [-0.4, -0.2) is 46.5 Å². The first-order valence-electron chi connectivity index (χ1n) is 4.74. The highest BCUT2D eigenvalue weighted by Crippen LogP contribution is 2.03. The minimum Gasteiger partial charge on any atom is -0.478 e. The lowest BCUT2D eigenvalue weighted by Crippen LogP contribution is -1.99. The topological polar surface area (TPSA) is 124 Å². The Hall–Kier alpha value is -2.50. The van der Waals surface area contributed by atoms with Gasteiger partial charge < -0.3 is 15.3 Å². The van der Waals surface area contributed by atoms with Gasteiger partial charge >= 0.3 is 11.9 Å². The molecule has 0 fully saturated rings. The first-order valence-corrected chi connectivity index (χ1v) is 4.74. The molecule has 0 amide bonds. The van der Waals surface area contributed by atoms with Gasteiger partial charge in [-0.1, -0.05) is 0 Å². The maximum absolute atomic E-state index is 10.3. The molecule has 0 atom stereocenters. The van der Waals surface area contributed by atoms with Crippen LogP contribution in [0, 0.1) is 0 Å². The van der Waals surface area contributed by atoms with E-state index in [2.05, 4.69) is 4.99 Å². The van der Waals surface area contributed by atoms with Crippen LogP contribution in [0.2, 0.25) is 0 Å². The first kappa shape index (κ1) is 15.5. The summed E-state index contributed by atoms with van der Waals surface area (Å²) in [6, 6.07) is 5.02. The zero-order valence-electron chi connectivity index (χ0n) is 9.24. The van der Waals surface area contributed by atoms with E-state index in [4.69, 9.17) is 20.1 Å². The number of carboxylic acid groups (broad SMARTS) is 2. The van der Waals surface area contributed by atoms with E-state index in [0.717, 1.165) is 0 Å². The fourth-order valence-electron chi connectivity index (χ4n) is 0.851. The van der Waals surface area contributed by atoms with Gasteiger partial charge in [-0.2, -0.15) is 0 Å². The van der Waals surface area contributed by atoms with Crippen LogP contribution < -0.4 is 0 Å².